The molecule has 0 saturated carbocycles. The molecule has 0 spiro atoms. The molecule has 1 aromatic carbocycles. The first kappa shape index (κ1) is 21.9. The maximum absolute atomic E-state index is 12.6. The van der Waals surface area contributed by atoms with Crippen molar-refractivity contribution in [3.05, 3.63) is 29.8 Å². The number of halogens is 1. The van der Waals surface area contributed by atoms with Crippen LogP contribution in [0.3, 0.4) is 0 Å². The molecule has 1 saturated heterocycles. The van der Waals surface area contributed by atoms with Crippen LogP contribution in [0.1, 0.15) is 43.5 Å². The number of nitrogens with zero attached hydrogens (tertiary/aromatic N) is 1. The predicted molar refractivity (Wildman–Crippen MR) is 102 cm³/mol. The molecule has 2 N–H and O–H groups in total. The molecule has 1 atom stereocenters. The molecule has 2 rings (SSSR count). The van der Waals surface area contributed by atoms with Gasteiger partial charge in [0.05, 0.1) is 4.90 Å². The van der Waals surface area contributed by atoms with E-state index >= 15 is 0 Å². The zero-order chi connectivity index (χ0) is 17.7. The van der Waals surface area contributed by atoms with Crippen LogP contribution < -0.4 is 10.0 Å². The standard InChI is InChI=1S/C17H27N3O3S.ClH/c1-4-13(2)19-24(22,23)16-7-5-14(6-8-16)17(21)20(3)15-9-11-18-12-10-15;/h5-8,13,15,18-19H,4,9-12H2,1-3H3;1H. The Balaban J connectivity index is 0.00000312. The highest BCUT2D eigenvalue weighted by atomic mass is 35.5. The molecule has 142 valence electrons. The van der Waals surface area contributed by atoms with Gasteiger partial charge in [-0.15, -0.1) is 12.4 Å². The van der Waals surface area contributed by atoms with E-state index in [-0.39, 0.29) is 35.3 Å². The summed E-state index contributed by atoms with van der Waals surface area (Å²) in [5.74, 6) is -0.0688. The Labute approximate surface area is 156 Å². The van der Waals surface area contributed by atoms with Crippen molar-refractivity contribution in [1.29, 1.82) is 0 Å². The van der Waals surface area contributed by atoms with Crippen LogP contribution in [-0.4, -0.2) is 51.4 Å². The van der Waals surface area contributed by atoms with Crippen molar-refractivity contribution in [2.45, 2.75) is 50.1 Å². The molecule has 0 bridgehead atoms. The highest BCUT2D eigenvalue weighted by Crippen LogP contribution is 2.16. The molecular weight excluding hydrogens is 362 g/mol. The maximum Gasteiger partial charge on any atom is 0.253 e. The molecular formula is C17H28ClN3O3S. The second-order valence-corrected chi connectivity index (χ2v) is 8.07. The Morgan fingerprint density at radius 1 is 1.28 bits per heavy atom. The number of rotatable bonds is 6. The zero-order valence-corrected chi connectivity index (χ0v) is 16.6. The quantitative estimate of drug-likeness (QED) is 0.780. The lowest BCUT2D eigenvalue weighted by Crippen LogP contribution is -2.43. The van der Waals surface area contributed by atoms with Crippen LogP contribution in [0.2, 0.25) is 0 Å². The Morgan fingerprint density at radius 2 is 1.84 bits per heavy atom. The topological polar surface area (TPSA) is 78.5 Å². The molecule has 0 aromatic heterocycles. The number of benzene rings is 1. The summed E-state index contributed by atoms with van der Waals surface area (Å²) in [6.07, 6.45) is 2.60. The lowest BCUT2D eigenvalue weighted by molar-refractivity contribution is 0.0703. The first-order chi connectivity index (χ1) is 11.3. The van der Waals surface area contributed by atoms with Gasteiger partial charge in [0.25, 0.3) is 5.91 Å². The Hall–Kier alpha value is -1.15. The molecule has 1 heterocycles. The summed E-state index contributed by atoms with van der Waals surface area (Å²) in [4.78, 5) is 14.5. The van der Waals surface area contributed by atoms with Crippen molar-refractivity contribution in [2.24, 2.45) is 0 Å². The average Bonchev–Trinajstić information content (AvgIpc) is 2.61. The van der Waals surface area contributed by atoms with E-state index in [2.05, 4.69) is 10.0 Å². The van der Waals surface area contributed by atoms with Gasteiger partial charge >= 0.3 is 0 Å². The van der Waals surface area contributed by atoms with Crippen molar-refractivity contribution < 1.29 is 13.2 Å². The van der Waals surface area contributed by atoms with Crippen molar-refractivity contribution in [3.8, 4) is 0 Å². The van der Waals surface area contributed by atoms with Crippen LogP contribution in [0.25, 0.3) is 0 Å². The van der Waals surface area contributed by atoms with E-state index in [1.807, 2.05) is 20.9 Å². The third-order valence-electron chi connectivity index (χ3n) is 4.56. The second-order valence-electron chi connectivity index (χ2n) is 6.35. The van der Waals surface area contributed by atoms with Gasteiger partial charge in [0.1, 0.15) is 0 Å². The largest absolute Gasteiger partial charge is 0.339 e. The number of sulfonamides is 1. The summed E-state index contributed by atoms with van der Waals surface area (Å²) < 4.78 is 27.1. The van der Waals surface area contributed by atoms with Gasteiger partial charge in [0.15, 0.2) is 0 Å². The number of carbonyl (C=O) groups is 1. The summed E-state index contributed by atoms with van der Waals surface area (Å²) in [5, 5.41) is 3.28. The van der Waals surface area contributed by atoms with Crippen molar-refractivity contribution in [1.82, 2.24) is 14.9 Å². The highest BCUT2D eigenvalue weighted by Gasteiger charge is 2.23. The van der Waals surface area contributed by atoms with Crippen LogP contribution >= 0.6 is 12.4 Å². The van der Waals surface area contributed by atoms with Crippen LogP contribution in [0.4, 0.5) is 0 Å². The molecule has 1 fully saturated rings. The normalized spacial score (nSPS) is 16.8. The molecule has 1 aromatic rings. The third kappa shape index (κ3) is 5.67. The van der Waals surface area contributed by atoms with Gasteiger partial charge in [-0.05, 0) is 63.5 Å². The Kier molecular flexibility index (Phi) is 8.34. The summed E-state index contributed by atoms with van der Waals surface area (Å²) in [5.41, 5.74) is 0.513. The van der Waals surface area contributed by atoms with E-state index in [0.29, 0.717) is 5.56 Å². The van der Waals surface area contributed by atoms with Gasteiger partial charge in [0, 0.05) is 24.7 Å². The smallest absolute Gasteiger partial charge is 0.253 e. The monoisotopic (exact) mass is 389 g/mol. The first-order valence-corrected chi connectivity index (χ1v) is 9.93. The SMILES string of the molecule is CCC(C)NS(=O)(=O)c1ccc(C(=O)N(C)C2CCNCC2)cc1.Cl. The number of amides is 1. The number of hydrogen-bond donors (Lipinski definition) is 2. The van der Waals surface area contributed by atoms with Crippen molar-refractivity contribution in [3.63, 3.8) is 0 Å². The van der Waals surface area contributed by atoms with E-state index in [9.17, 15) is 13.2 Å². The summed E-state index contributed by atoms with van der Waals surface area (Å²) in [6, 6.07) is 6.27. The average molecular weight is 390 g/mol. The number of nitrogens with one attached hydrogen (secondary N) is 2. The molecule has 8 heteroatoms. The molecule has 1 amide bonds. The fourth-order valence-electron chi connectivity index (χ4n) is 2.76. The van der Waals surface area contributed by atoms with Gasteiger partial charge in [-0.2, -0.15) is 0 Å². The van der Waals surface area contributed by atoms with Crippen LogP contribution in [-0.2, 0) is 10.0 Å². The van der Waals surface area contributed by atoms with Crippen LogP contribution in [0.5, 0.6) is 0 Å². The van der Waals surface area contributed by atoms with Crippen LogP contribution in [0, 0.1) is 0 Å². The highest BCUT2D eigenvalue weighted by molar-refractivity contribution is 7.89. The molecule has 1 aliphatic rings. The second kappa shape index (κ2) is 9.52. The summed E-state index contributed by atoms with van der Waals surface area (Å²) >= 11 is 0. The molecule has 1 aliphatic heterocycles. The number of carbonyl (C=O) groups excluding carboxylic acids is 1. The Morgan fingerprint density at radius 3 is 2.36 bits per heavy atom. The van der Waals surface area contributed by atoms with E-state index in [0.717, 1.165) is 32.4 Å². The van der Waals surface area contributed by atoms with Gasteiger partial charge < -0.3 is 10.2 Å². The van der Waals surface area contributed by atoms with Gasteiger partial charge in [-0.3, -0.25) is 4.79 Å². The van der Waals surface area contributed by atoms with E-state index in [4.69, 9.17) is 0 Å². The van der Waals surface area contributed by atoms with Crippen LogP contribution in [0.15, 0.2) is 29.2 Å². The zero-order valence-electron chi connectivity index (χ0n) is 15.0. The van der Waals surface area contributed by atoms with Crippen molar-refractivity contribution >= 4 is 28.3 Å². The van der Waals surface area contributed by atoms with Gasteiger partial charge in [-0.25, -0.2) is 13.1 Å². The van der Waals surface area contributed by atoms with E-state index < -0.39 is 10.0 Å². The fraction of sp³-hybridized carbons (Fsp3) is 0.588. The van der Waals surface area contributed by atoms with Crippen molar-refractivity contribution in [2.75, 3.05) is 20.1 Å². The molecule has 25 heavy (non-hydrogen) atoms. The third-order valence-corrected chi connectivity index (χ3v) is 6.16. The summed E-state index contributed by atoms with van der Waals surface area (Å²) in [6.45, 7) is 5.58. The Bertz CT molecular complexity index is 658. The number of hydrogen-bond acceptors (Lipinski definition) is 4. The molecule has 6 nitrogen and oxygen atoms in total. The lowest BCUT2D eigenvalue weighted by Gasteiger charge is -2.31. The fourth-order valence-corrected chi connectivity index (χ4v) is 4.08. The summed E-state index contributed by atoms with van der Waals surface area (Å²) in [7, 11) is -1.73. The van der Waals surface area contributed by atoms with Gasteiger partial charge in [-0.1, -0.05) is 6.92 Å². The minimum atomic E-state index is -3.54. The number of piperidine rings is 1. The van der Waals surface area contributed by atoms with E-state index in [1.54, 1.807) is 17.0 Å². The molecule has 1 unspecified atom stereocenters. The first-order valence-electron chi connectivity index (χ1n) is 8.45. The van der Waals surface area contributed by atoms with Gasteiger partial charge in [0.2, 0.25) is 10.0 Å². The molecule has 0 radical (unpaired) electrons. The van der Waals surface area contributed by atoms with E-state index in [1.165, 1.54) is 12.1 Å². The predicted octanol–water partition coefficient (Wildman–Crippen LogP) is 2.01. The lowest BCUT2D eigenvalue weighted by atomic mass is 10.0. The maximum atomic E-state index is 12.6. The minimum Gasteiger partial charge on any atom is -0.339 e. The molecule has 0 aliphatic carbocycles. The minimum absolute atomic E-state index is 0.